The third-order valence-electron chi connectivity index (χ3n) is 2.10. The Morgan fingerprint density at radius 2 is 1.94 bits per heavy atom. The fourth-order valence-corrected chi connectivity index (χ4v) is 1.12. The van der Waals surface area contributed by atoms with Crippen LogP contribution in [0.3, 0.4) is 0 Å². The predicted octanol–water partition coefficient (Wildman–Crippen LogP) is 0.0557. The van der Waals surface area contributed by atoms with Crippen LogP contribution in [0.2, 0.25) is 0 Å². The quantitative estimate of drug-likeness (QED) is 0.619. The monoisotopic (exact) mass is 246 g/mol. The normalized spacial score (nSPS) is 9.53. The Balaban J connectivity index is 3.91. The first kappa shape index (κ1) is 15.2. The van der Waals surface area contributed by atoms with Crippen LogP contribution in [-0.2, 0) is 14.3 Å². The van der Waals surface area contributed by atoms with Crippen molar-refractivity contribution in [2.75, 3.05) is 26.7 Å². The molecule has 0 spiro atoms. The van der Waals surface area contributed by atoms with E-state index < -0.39 is 11.9 Å². The second-order valence-corrected chi connectivity index (χ2v) is 3.28. The fraction of sp³-hybridized carbons (Fsp3) is 0.700. The molecule has 17 heavy (non-hydrogen) atoms. The van der Waals surface area contributed by atoms with E-state index >= 15 is 0 Å². The van der Waals surface area contributed by atoms with Crippen LogP contribution in [0.25, 0.3) is 0 Å². The summed E-state index contributed by atoms with van der Waals surface area (Å²) in [5.74, 6) is -1.36. The standard InChI is InChI=1S/C10H18N2O5/c1-3-12(7-5-8(13)14)10(16)11-6-4-9(15)17-2/h3-7H2,1-2H3,(H,11,16)(H,13,14). The van der Waals surface area contributed by atoms with Gasteiger partial charge in [0.2, 0.25) is 0 Å². The number of rotatable bonds is 7. The summed E-state index contributed by atoms with van der Waals surface area (Å²) >= 11 is 0. The third-order valence-corrected chi connectivity index (χ3v) is 2.10. The van der Waals surface area contributed by atoms with Gasteiger partial charge in [-0.3, -0.25) is 9.59 Å². The molecular weight excluding hydrogens is 228 g/mol. The summed E-state index contributed by atoms with van der Waals surface area (Å²) in [5, 5.41) is 11.0. The van der Waals surface area contributed by atoms with E-state index in [-0.39, 0.29) is 32.0 Å². The summed E-state index contributed by atoms with van der Waals surface area (Å²) in [6.07, 6.45) is -0.00299. The molecule has 0 bridgehead atoms. The molecule has 0 aromatic carbocycles. The van der Waals surface area contributed by atoms with Crippen molar-refractivity contribution in [1.82, 2.24) is 10.2 Å². The lowest BCUT2D eigenvalue weighted by Gasteiger charge is -2.20. The maximum Gasteiger partial charge on any atom is 0.317 e. The van der Waals surface area contributed by atoms with Crippen molar-refractivity contribution in [3.05, 3.63) is 0 Å². The van der Waals surface area contributed by atoms with Crippen LogP contribution in [0, 0.1) is 0 Å². The summed E-state index contributed by atoms with van der Waals surface area (Å²) in [6.45, 7) is 2.49. The van der Waals surface area contributed by atoms with E-state index in [1.807, 2.05) is 0 Å². The Bertz CT molecular complexity index is 280. The van der Waals surface area contributed by atoms with E-state index in [1.165, 1.54) is 12.0 Å². The number of carbonyl (C=O) groups excluding carboxylic acids is 2. The fourth-order valence-electron chi connectivity index (χ4n) is 1.12. The summed E-state index contributed by atoms with van der Waals surface area (Å²) in [4.78, 5) is 34.0. The van der Waals surface area contributed by atoms with Crippen molar-refractivity contribution in [2.45, 2.75) is 19.8 Å². The summed E-state index contributed by atoms with van der Waals surface area (Å²) in [7, 11) is 1.27. The van der Waals surface area contributed by atoms with Crippen LogP contribution in [0.5, 0.6) is 0 Å². The maximum atomic E-state index is 11.5. The molecule has 2 amide bonds. The Kier molecular flexibility index (Phi) is 7.49. The first-order valence-corrected chi connectivity index (χ1v) is 5.32. The number of carbonyl (C=O) groups is 3. The summed E-state index contributed by atoms with van der Waals surface area (Å²) in [6, 6.07) is -0.377. The Morgan fingerprint density at radius 3 is 2.41 bits per heavy atom. The molecule has 0 fully saturated rings. The number of hydrogen-bond acceptors (Lipinski definition) is 4. The molecule has 0 saturated heterocycles. The average molecular weight is 246 g/mol. The number of nitrogens with one attached hydrogen (secondary N) is 1. The number of carboxylic acid groups (broad SMARTS) is 1. The molecule has 0 aliphatic carbocycles. The molecular formula is C10H18N2O5. The molecule has 0 radical (unpaired) electrons. The molecule has 0 unspecified atom stereocenters. The molecule has 0 aromatic heterocycles. The van der Waals surface area contributed by atoms with Gasteiger partial charge in [-0.2, -0.15) is 0 Å². The largest absolute Gasteiger partial charge is 0.481 e. The molecule has 0 heterocycles. The molecule has 2 N–H and O–H groups in total. The smallest absolute Gasteiger partial charge is 0.317 e. The van der Waals surface area contributed by atoms with Gasteiger partial charge in [0, 0.05) is 19.6 Å². The minimum absolute atomic E-state index is 0.0960. The lowest BCUT2D eigenvalue weighted by atomic mass is 10.4. The third kappa shape index (κ3) is 7.15. The molecule has 0 saturated carbocycles. The molecule has 7 heteroatoms. The van der Waals surface area contributed by atoms with Gasteiger partial charge in [0.25, 0.3) is 0 Å². The molecule has 0 aliphatic rings. The highest BCUT2D eigenvalue weighted by Gasteiger charge is 2.12. The molecule has 98 valence electrons. The lowest BCUT2D eigenvalue weighted by Crippen LogP contribution is -2.41. The highest BCUT2D eigenvalue weighted by Crippen LogP contribution is 1.93. The molecule has 0 rings (SSSR count). The highest BCUT2D eigenvalue weighted by molar-refractivity contribution is 5.76. The Morgan fingerprint density at radius 1 is 1.29 bits per heavy atom. The second-order valence-electron chi connectivity index (χ2n) is 3.28. The molecule has 0 aliphatic heterocycles. The first-order chi connectivity index (χ1) is 8.01. The van der Waals surface area contributed by atoms with Gasteiger partial charge in [0.05, 0.1) is 20.0 Å². The number of amides is 2. The Hall–Kier alpha value is -1.79. The van der Waals surface area contributed by atoms with Gasteiger partial charge >= 0.3 is 18.0 Å². The van der Waals surface area contributed by atoms with Crippen LogP contribution in [0.15, 0.2) is 0 Å². The number of esters is 1. The van der Waals surface area contributed by atoms with Gasteiger partial charge in [0.15, 0.2) is 0 Å². The van der Waals surface area contributed by atoms with E-state index in [9.17, 15) is 14.4 Å². The van der Waals surface area contributed by atoms with Crippen LogP contribution >= 0.6 is 0 Å². The van der Waals surface area contributed by atoms with E-state index in [2.05, 4.69) is 10.1 Å². The van der Waals surface area contributed by atoms with Crippen LogP contribution in [0.1, 0.15) is 19.8 Å². The number of methoxy groups -OCH3 is 1. The number of urea groups is 1. The number of carboxylic acids is 1. The second kappa shape index (κ2) is 8.37. The van der Waals surface area contributed by atoms with Gasteiger partial charge in [-0.25, -0.2) is 4.79 Å². The van der Waals surface area contributed by atoms with Crippen molar-refractivity contribution in [2.24, 2.45) is 0 Å². The molecule has 0 atom stereocenters. The Labute approximate surface area is 99.7 Å². The maximum absolute atomic E-state index is 11.5. The highest BCUT2D eigenvalue weighted by atomic mass is 16.5. The SMILES string of the molecule is CCN(CCC(=O)O)C(=O)NCCC(=O)OC. The van der Waals surface area contributed by atoms with Crippen molar-refractivity contribution < 1.29 is 24.2 Å². The van der Waals surface area contributed by atoms with Crippen LogP contribution in [0.4, 0.5) is 4.79 Å². The van der Waals surface area contributed by atoms with Crippen molar-refractivity contribution in [3.63, 3.8) is 0 Å². The average Bonchev–Trinajstić information content (AvgIpc) is 2.29. The molecule has 0 aromatic rings. The van der Waals surface area contributed by atoms with Crippen molar-refractivity contribution in [3.8, 4) is 0 Å². The predicted molar refractivity (Wildman–Crippen MR) is 59.5 cm³/mol. The minimum Gasteiger partial charge on any atom is -0.481 e. The van der Waals surface area contributed by atoms with Crippen LogP contribution < -0.4 is 5.32 Å². The van der Waals surface area contributed by atoms with Gasteiger partial charge in [-0.1, -0.05) is 0 Å². The van der Waals surface area contributed by atoms with E-state index in [0.717, 1.165) is 0 Å². The van der Waals surface area contributed by atoms with Crippen LogP contribution in [-0.4, -0.2) is 54.7 Å². The lowest BCUT2D eigenvalue weighted by molar-refractivity contribution is -0.140. The number of hydrogen-bond donors (Lipinski definition) is 2. The van der Waals surface area contributed by atoms with Gasteiger partial charge < -0.3 is 20.1 Å². The summed E-state index contributed by atoms with van der Waals surface area (Å²) in [5.41, 5.74) is 0. The van der Waals surface area contributed by atoms with E-state index in [0.29, 0.717) is 6.54 Å². The number of nitrogens with zero attached hydrogens (tertiary/aromatic N) is 1. The van der Waals surface area contributed by atoms with Gasteiger partial charge in [-0.05, 0) is 6.92 Å². The van der Waals surface area contributed by atoms with E-state index in [1.54, 1.807) is 6.92 Å². The molecule has 7 nitrogen and oxygen atoms in total. The number of ether oxygens (including phenoxy) is 1. The minimum atomic E-state index is -0.953. The van der Waals surface area contributed by atoms with Crippen molar-refractivity contribution in [1.29, 1.82) is 0 Å². The number of aliphatic carboxylic acids is 1. The zero-order chi connectivity index (χ0) is 13.3. The van der Waals surface area contributed by atoms with Crippen molar-refractivity contribution >= 4 is 18.0 Å². The zero-order valence-corrected chi connectivity index (χ0v) is 10.1. The summed E-state index contributed by atoms with van der Waals surface area (Å²) < 4.78 is 4.42. The zero-order valence-electron chi connectivity index (χ0n) is 10.1. The topological polar surface area (TPSA) is 95.9 Å². The van der Waals surface area contributed by atoms with Gasteiger partial charge in [-0.15, -0.1) is 0 Å². The van der Waals surface area contributed by atoms with Gasteiger partial charge in [0.1, 0.15) is 0 Å². The van der Waals surface area contributed by atoms with E-state index in [4.69, 9.17) is 5.11 Å². The first-order valence-electron chi connectivity index (χ1n) is 5.32.